The number of hydrogen-bond acceptors (Lipinski definition) is 11. The summed E-state index contributed by atoms with van der Waals surface area (Å²) in [5.41, 5.74) is 11.3. The van der Waals surface area contributed by atoms with E-state index >= 15 is 0 Å². The molecule has 1 aliphatic heterocycles. The van der Waals surface area contributed by atoms with Crippen LogP contribution in [0.1, 0.15) is 111 Å². The van der Waals surface area contributed by atoms with E-state index in [-0.39, 0.29) is 67.9 Å². The molecule has 7 aromatic carbocycles. The first-order chi connectivity index (χ1) is 40.8. The van der Waals surface area contributed by atoms with Crippen LogP contribution in [0.25, 0.3) is 0 Å². The lowest BCUT2D eigenvalue weighted by Crippen LogP contribution is -2.41. The molecule has 5 amide bonds. The third-order valence-corrected chi connectivity index (χ3v) is 11.6. The maximum atomic E-state index is 12.4. The van der Waals surface area contributed by atoms with Gasteiger partial charge in [-0.3, -0.25) is 24.2 Å². The van der Waals surface area contributed by atoms with Gasteiger partial charge in [0.05, 0.1) is 24.7 Å². The summed E-state index contributed by atoms with van der Waals surface area (Å²) in [6.45, 7) is 11.9. The largest absolute Gasteiger partial charge is 0.480 e. The van der Waals surface area contributed by atoms with Crippen LogP contribution >= 0.6 is 12.4 Å². The Bertz CT molecular complexity index is 2930. The number of aliphatic carboxylic acids is 1. The Kier molecular flexibility index (Phi) is 32.6. The lowest BCUT2D eigenvalue weighted by Gasteiger charge is -2.21. The summed E-state index contributed by atoms with van der Waals surface area (Å²) in [6.07, 6.45) is 2.95. The van der Waals surface area contributed by atoms with Gasteiger partial charge in [-0.15, -0.1) is 12.4 Å². The van der Waals surface area contributed by atoms with Crippen LogP contribution in [-0.4, -0.2) is 97.8 Å². The maximum absolute atomic E-state index is 12.4. The van der Waals surface area contributed by atoms with Crippen LogP contribution in [0.5, 0.6) is 0 Å². The Morgan fingerprint density at radius 1 is 0.477 bits per heavy atom. The van der Waals surface area contributed by atoms with Gasteiger partial charge < -0.3 is 51.6 Å². The highest BCUT2D eigenvalue weighted by molar-refractivity contribution is 5.86. The number of carboxylic acids is 1. The number of nitrogens with two attached hydrogens (primary N) is 1. The maximum Gasteiger partial charge on any atom is 0.408 e. The Morgan fingerprint density at radius 3 is 1.05 bits per heavy atom. The standard InChI is InChI=1S/C22H20N2O.C20H24N2O3.C15H16N2O.C7H13NO4.C4H8O.ClH/c25-21(17-23-16-18-10-4-1-5-11-18)24-22(19-12-6-2-7-13-19)20-14-8-3-9-15-20;1-20(2,3)25-19(24)21-14-17(23)22-18(15-10-6-4-7-11-15)16-12-8-5-9-13-16;16-11-14(18)17-15(12-7-3-1-4-8-12)13-9-5-2-6-10-13;1-7(2,3)12-6(11)8-4-5(9)10;1-2-4-5-3-1;/h1-16,22H,17H2,(H,24,25);4-13,18H,14H2,1-3H3,(H,21,24)(H,22,23);1-10,15H,11,16H2,(H,17,18);4H2,1-3H3,(H,8,11)(H,9,10);1-4H2;1H. The first-order valence-corrected chi connectivity index (χ1v) is 28.0. The van der Waals surface area contributed by atoms with Gasteiger partial charge in [0, 0.05) is 19.4 Å². The minimum Gasteiger partial charge on any atom is -0.480 e. The second-order valence-corrected chi connectivity index (χ2v) is 21.0. The number of ether oxygens (including phenoxy) is 3. The van der Waals surface area contributed by atoms with Gasteiger partial charge in [-0.2, -0.15) is 0 Å². The highest BCUT2D eigenvalue weighted by Crippen LogP contribution is 2.24. The number of nitrogens with zero attached hydrogens (tertiary/aromatic N) is 1. The van der Waals surface area contributed by atoms with Crippen molar-refractivity contribution >= 4 is 54.5 Å². The molecule has 7 aromatic rings. The SMILES string of the molecule is C1CCOC1.CC(C)(C)OC(=O)NCC(=O)NC(c1ccccc1)c1ccccc1.CC(C)(C)OC(=O)NCC(=O)O.Cl.NCC(=O)NC(c1ccccc1)c1ccccc1.O=C(CN=Cc1ccccc1)NC(c1ccccc1)c1ccccc1. The predicted molar refractivity (Wildman–Crippen MR) is 340 cm³/mol. The molecule has 18 heteroatoms. The van der Waals surface area contributed by atoms with Gasteiger partial charge in [-0.1, -0.05) is 212 Å². The molecule has 0 saturated carbocycles. The van der Waals surface area contributed by atoms with Crippen molar-refractivity contribution in [1.82, 2.24) is 26.6 Å². The normalized spacial score (nSPS) is 11.4. The molecular formula is C68H82ClN7O10. The van der Waals surface area contributed by atoms with E-state index in [1.807, 2.05) is 212 Å². The van der Waals surface area contributed by atoms with Gasteiger partial charge in [0.2, 0.25) is 17.7 Å². The van der Waals surface area contributed by atoms with Crippen molar-refractivity contribution in [2.75, 3.05) is 39.4 Å². The van der Waals surface area contributed by atoms with E-state index in [0.29, 0.717) is 0 Å². The molecule has 1 heterocycles. The topological polar surface area (TPSA) is 249 Å². The number of alkyl carbamates (subject to hydrolysis) is 2. The monoisotopic (exact) mass is 1190 g/mol. The van der Waals surface area contributed by atoms with E-state index in [0.717, 1.165) is 52.2 Å². The van der Waals surface area contributed by atoms with Crippen molar-refractivity contribution in [2.24, 2.45) is 10.7 Å². The summed E-state index contributed by atoms with van der Waals surface area (Å²) in [5, 5.41) is 21.7. The lowest BCUT2D eigenvalue weighted by atomic mass is 9.99. The number of benzene rings is 7. The molecule has 0 unspecified atom stereocenters. The molecule has 0 radical (unpaired) electrons. The van der Waals surface area contributed by atoms with E-state index in [2.05, 4.69) is 31.6 Å². The Labute approximate surface area is 512 Å². The van der Waals surface area contributed by atoms with Crippen LogP contribution in [0.4, 0.5) is 9.59 Å². The number of nitrogens with one attached hydrogen (secondary N) is 5. The van der Waals surface area contributed by atoms with Crippen LogP contribution in [0.15, 0.2) is 217 Å². The number of carbonyl (C=O) groups excluding carboxylic acids is 5. The van der Waals surface area contributed by atoms with Gasteiger partial charge in [0.15, 0.2) is 0 Å². The number of aliphatic imine (C=N–C) groups is 1. The number of amides is 5. The molecule has 8 N–H and O–H groups in total. The lowest BCUT2D eigenvalue weighted by molar-refractivity contribution is -0.136. The molecule has 0 aliphatic carbocycles. The summed E-state index contributed by atoms with van der Waals surface area (Å²) < 4.78 is 14.9. The molecule has 0 spiro atoms. The second-order valence-electron chi connectivity index (χ2n) is 21.0. The van der Waals surface area contributed by atoms with Gasteiger partial charge >= 0.3 is 18.2 Å². The van der Waals surface area contributed by atoms with Crippen molar-refractivity contribution in [3.63, 3.8) is 0 Å². The van der Waals surface area contributed by atoms with Crippen molar-refractivity contribution in [2.45, 2.75) is 83.7 Å². The Morgan fingerprint density at radius 2 is 0.767 bits per heavy atom. The zero-order chi connectivity index (χ0) is 61.7. The Hall–Kier alpha value is -9.16. The average molecular weight is 1190 g/mol. The number of hydrogen-bond donors (Lipinski definition) is 7. The van der Waals surface area contributed by atoms with E-state index in [1.54, 1.807) is 47.8 Å². The van der Waals surface area contributed by atoms with Gasteiger partial charge in [-0.25, -0.2) is 9.59 Å². The summed E-state index contributed by atoms with van der Waals surface area (Å²) in [7, 11) is 0. The van der Waals surface area contributed by atoms with Crippen LogP contribution < -0.4 is 32.3 Å². The Balaban J connectivity index is 0.000000299. The second kappa shape index (κ2) is 39.4. The summed E-state index contributed by atoms with van der Waals surface area (Å²) in [4.78, 5) is 72.9. The van der Waals surface area contributed by atoms with Crippen molar-refractivity contribution in [1.29, 1.82) is 0 Å². The van der Waals surface area contributed by atoms with Crippen LogP contribution in [0.2, 0.25) is 0 Å². The summed E-state index contributed by atoms with van der Waals surface area (Å²) in [5.74, 6) is -1.65. The van der Waals surface area contributed by atoms with Gasteiger partial charge in [0.1, 0.15) is 30.8 Å². The van der Waals surface area contributed by atoms with Crippen LogP contribution in [0.3, 0.4) is 0 Å². The minimum atomic E-state index is -1.10. The molecule has 86 heavy (non-hydrogen) atoms. The highest BCUT2D eigenvalue weighted by atomic mass is 35.5. The fraction of sp³-hybridized carbons (Fsp3) is 0.279. The van der Waals surface area contributed by atoms with Crippen LogP contribution in [0, 0.1) is 0 Å². The zero-order valence-electron chi connectivity index (χ0n) is 49.7. The summed E-state index contributed by atoms with van der Waals surface area (Å²) in [6, 6.07) is 68.2. The zero-order valence-corrected chi connectivity index (χ0v) is 50.5. The number of halogens is 1. The molecule has 1 saturated heterocycles. The fourth-order valence-electron chi connectivity index (χ4n) is 7.80. The summed E-state index contributed by atoms with van der Waals surface area (Å²) >= 11 is 0. The molecule has 1 aliphatic rings. The first kappa shape index (κ1) is 71.1. The average Bonchev–Trinajstić information content (AvgIpc) is 4.20. The predicted octanol–water partition coefficient (Wildman–Crippen LogP) is 11.1. The molecular weight excluding hydrogens is 1110 g/mol. The molecule has 8 rings (SSSR count). The van der Waals surface area contributed by atoms with E-state index < -0.39 is 35.9 Å². The third-order valence-electron chi connectivity index (χ3n) is 11.6. The van der Waals surface area contributed by atoms with E-state index in [9.17, 15) is 28.8 Å². The number of carbonyl (C=O) groups is 6. The molecule has 17 nitrogen and oxygen atoms in total. The fourth-order valence-corrected chi connectivity index (χ4v) is 7.80. The van der Waals surface area contributed by atoms with Crippen molar-refractivity contribution in [3.8, 4) is 0 Å². The van der Waals surface area contributed by atoms with Gasteiger partial charge in [-0.05, 0) is 93.3 Å². The highest BCUT2D eigenvalue weighted by Gasteiger charge is 2.21. The molecule has 1 fully saturated rings. The van der Waals surface area contributed by atoms with Crippen molar-refractivity contribution < 1.29 is 48.1 Å². The molecule has 0 bridgehead atoms. The minimum absolute atomic E-state index is 0. The van der Waals surface area contributed by atoms with E-state index in [1.165, 1.54) is 12.8 Å². The molecule has 0 atom stereocenters. The number of carboxylic acid groups (broad SMARTS) is 1. The van der Waals surface area contributed by atoms with Crippen molar-refractivity contribution in [3.05, 3.63) is 251 Å². The molecule has 0 aromatic heterocycles. The number of rotatable bonds is 17. The van der Waals surface area contributed by atoms with E-state index in [4.69, 9.17) is 25.1 Å². The first-order valence-electron chi connectivity index (χ1n) is 28.0. The smallest absolute Gasteiger partial charge is 0.408 e. The van der Waals surface area contributed by atoms with Gasteiger partial charge in [0.25, 0.3) is 0 Å². The third kappa shape index (κ3) is 30.4. The van der Waals surface area contributed by atoms with Crippen LogP contribution in [-0.2, 0) is 33.4 Å². The quantitative estimate of drug-likeness (QED) is 0.0423. The molecule has 456 valence electrons.